The Labute approximate surface area is 892 Å². The summed E-state index contributed by atoms with van der Waals surface area (Å²) in [7, 11) is 4.15. The van der Waals surface area contributed by atoms with Gasteiger partial charge < -0.3 is 91.7 Å². The van der Waals surface area contributed by atoms with E-state index in [1.165, 1.54) is 29.6 Å². The van der Waals surface area contributed by atoms with E-state index in [0.717, 1.165) is 101 Å². The zero-order chi connectivity index (χ0) is 110. The van der Waals surface area contributed by atoms with Crippen LogP contribution in [0.2, 0.25) is 0 Å². The number of ether oxygens (including phenoxy) is 10. The predicted molar refractivity (Wildman–Crippen MR) is 577 cm³/mol. The van der Waals surface area contributed by atoms with Crippen molar-refractivity contribution in [3.8, 4) is 0 Å². The maximum absolute atomic E-state index is 13.0. The van der Waals surface area contributed by atoms with Crippen molar-refractivity contribution in [2.75, 3.05) is 66.0 Å². The number of amides is 6. The molecule has 6 aromatic rings. The zero-order valence-corrected chi connectivity index (χ0v) is 92.5. The summed E-state index contributed by atoms with van der Waals surface area (Å²) in [6.45, 7) is 34.8. The Morgan fingerprint density at radius 1 is 0.413 bits per heavy atom. The minimum Gasteiger partial charge on any atom is -0.459 e. The van der Waals surface area contributed by atoms with Crippen molar-refractivity contribution in [2.24, 2.45) is 35.5 Å². The van der Waals surface area contributed by atoms with E-state index in [4.69, 9.17) is 47.4 Å². The molecule has 6 unspecified atom stereocenters. The molecular formula is C119H165N5O25S. The number of rotatable bonds is 48. The first kappa shape index (κ1) is 126. The van der Waals surface area contributed by atoms with Gasteiger partial charge in [-0.25, -0.2) is 24.0 Å². The Bertz CT molecular complexity index is 5200. The Hall–Kier alpha value is -11.2. The number of fused-ring (bicyclic) bond motifs is 2. The van der Waals surface area contributed by atoms with Crippen LogP contribution in [-0.2, 0) is 86.3 Å². The molecular weight excluding hydrogens is 1930 g/mol. The predicted octanol–water partition coefficient (Wildman–Crippen LogP) is 20.6. The second-order valence-corrected chi connectivity index (χ2v) is 42.7. The van der Waals surface area contributed by atoms with E-state index in [1.807, 2.05) is 100 Å². The molecule has 5 saturated heterocycles. The smallest absolute Gasteiger partial charge is 0.338 e. The van der Waals surface area contributed by atoms with Crippen molar-refractivity contribution in [3.63, 3.8) is 0 Å². The van der Waals surface area contributed by atoms with Crippen molar-refractivity contribution in [1.82, 2.24) is 25.3 Å². The molecule has 6 aliphatic rings. The molecule has 5 fully saturated rings. The summed E-state index contributed by atoms with van der Waals surface area (Å²) >= 11 is 1.82. The molecule has 0 bridgehead atoms. The average Bonchev–Trinajstić information content (AvgIpc) is 1.60. The van der Waals surface area contributed by atoms with Gasteiger partial charge in [-0.3, -0.25) is 29.0 Å². The third-order valence-corrected chi connectivity index (χ3v) is 29.3. The van der Waals surface area contributed by atoms with Gasteiger partial charge in [0, 0.05) is 100 Å². The largest absolute Gasteiger partial charge is 0.459 e. The molecule has 6 aliphatic heterocycles. The molecule has 6 aromatic carbocycles. The number of Topliss-reactive ketones (excluding diaryl/α,β-unsaturated/α-hetero) is 6. The summed E-state index contributed by atoms with van der Waals surface area (Å²) in [6, 6.07) is 49.2. The van der Waals surface area contributed by atoms with Crippen LogP contribution in [0.3, 0.4) is 0 Å². The number of nitrogens with zero attached hydrogens (tertiary/aromatic N) is 3. The van der Waals surface area contributed by atoms with E-state index in [0.29, 0.717) is 121 Å². The zero-order valence-electron chi connectivity index (χ0n) is 91.7. The van der Waals surface area contributed by atoms with E-state index in [-0.39, 0.29) is 149 Å². The van der Waals surface area contributed by atoms with Crippen LogP contribution in [0.25, 0.3) is 0 Å². The molecule has 31 heteroatoms. The molecule has 30 nitrogen and oxygen atoms in total. The third-order valence-electron chi connectivity index (χ3n) is 27.8. The van der Waals surface area contributed by atoms with Gasteiger partial charge in [-0.05, 0) is 253 Å². The summed E-state index contributed by atoms with van der Waals surface area (Å²) in [5.41, 5.74) is 4.66. The van der Waals surface area contributed by atoms with Crippen LogP contribution in [0, 0.1) is 35.5 Å². The SMILES string of the molecule is CC(=O)CCCCCN(C)C.CC(=O)CCCCCN1C(=O)c2ccccc2C1=O.CC(=O)CCCCO[C@@H]1OC(COC(=O)c2ccccc2)[C@H](C)[C@H](C)C1NC(C)=O.CC(=O)CCCCO[C@@H]1OC(COC(=O)c2ccccc2)[C@H](C)[C@H](C)C1OC(=O)c1ccccc1.CC(=O)CCCC[C@@H]1SC[C@H]2[C@@H]1NC(=O)N2C(=O)c1ccc(C(C)(C)C)cc1.CCC1O[C@H](OCCCCC(C)=O)C(OC(=O)c2ccccc2)[C@@H](C)[C@@H]1C. The highest BCUT2D eigenvalue weighted by Gasteiger charge is 2.52. The molecule has 2 N–H and O–H groups in total. The minimum absolute atomic E-state index is 0.00706. The lowest BCUT2D eigenvalue weighted by atomic mass is 9.82. The summed E-state index contributed by atoms with van der Waals surface area (Å²) in [4.78, 5) is 182. The fourth-order valence-electron chi connectivity index (χ4n) is 18.2. The monoisotopic (exact) mass is 2100 g/mol. The number of unbranched alkanes of at least 4 members (excludes halogenated alkanes) is 8. The van der Waals surface area contributed by atoms with Crippen LogP contribution in [0.15, 0.2) is 170 Å². The van der Waals surface area contributed by atoms with Crippen LogP contribution >= 0.6 is 11.8 Å². The van der Waals surface area contributed by atoms with Gasteiger partial charge in [0.2, 0.25) is 5.91 Å². The topological polar surface area (TPSA) is 382 Å². The van der Waals surface area contributed by atoms with Gasteiger partial charge in [0.05, 0.1) is 69.8 Å². The fourth-order valence-corrected chi connectivity index (χ4v) is 19.8. The van der Waals surface area contributed by atoms with Crippen molar-refractivity contribution in [1.29, 1.82) is 0 Å². The number of esters is 4. The second-order valence-electron chi connectivity index (χ2n) is 41.4. The number of ketones is 6. The number of benzene rings is 6. The quantitative estimate of drug-likeness (QED) is 0.0118. The normalized spacial score (nSPS) is 22.9. The van der Waals surface area contributed by atoms with Crippen LogP contribution in [0.4, 0.5) is 4.79 Å². The van der Waals surface area contributed by atoms with E-state index in [1.54, 1.807) is 151 Å². The number of thioether (sulfide) groups is 1. The molecule has 12 rings (SSSR count). The first-order valence-electron chi connectivity index (χ1n) is 53.5. The van der Waals surface area contributed by atoms with Crippen molar-refractivity contribution in [2.45, 2.75) is 337 Å². The highest BCUT2D eigenvalue weighted by atomic mass is 32.2. The lowest BCUT2D eigenvalue weighted by Gasteiger charge is -2.44. The van der Waals surface area contributed by atoms with Crippen LogP contribution in [-0.4, -0.2) is 242 Å². The molecule has 0 radical (unpaired) electrons. The van der Waals surface area contributed by atoms with Gasteiger partial charge in [0.15, 0.2) is 31.1 Å². The summed E-state index contributed by atoms with van der Waals surface area (Å²) in [5, 5.41) is 6.27. The molecule has 0 saturated carbocycles. The van der Waals surface area contributed by atoms with Gasteiger partial charge in [-0.1, -0.05) is 186 Å². The molecule has 0 spiro atoms. The number of urea groups is 1. The van der Waals surface area contributed by atoms with E-state index >= 15 is 0 Å². The van der Waals surface area contributed by atoms with Gasteiger partial charge >= 0.3 is 29.9 Å². The molecule has 150 heavy (non-hydrogen) atoms. The average molecular weight is 2100 g/mol. The first-order chi connectivity index (χ1) is 71.5. The second kappa shape index (κ2) is 65.9. The van der Waals surface area contributed by atoms with Gasteiger partial charge in [0.25, 0.3) is 17.7 Å². The highest BCUT2D eigenvalue weighted by Crippen LogP contribution is 2.41. The van der Waals surface area contributed by atoms with Crippen LogP contribution in [0.1, 0.15) is 337 Å². The van der Waals surface area contributed by atoms with E-state index < -0.39 is 55.1 Å². The van der Waals surface area contributed by atoms with Crippen LogP contribution in [0.5, 0.6) is 0 Å². The van der Waals surface area contributed by atoms with Crippen LogP contribution < -0.4 is 10.6 Å². The Morgan fingerprint density at radius 3 is 1.17 bits per heavy atom. The van der Waals surface area contributed by atoms with Crippen molar-refractivity contribution >= 4 is 100.0 Å². The van der Waals surface area contributed by atoms with Crippen molar-refractivity contribution in [3.05, 3.63) is 214 Å². The molecule has 6 amide bonds. The minimum atomic E-state index is -0.813. The molecule has 18 atom stereocenters. The standard InChI is InChI=1S/C28H34O7.C23H33NO6.C22H30N2O3S.C22H32O5.C15H17NO3.C9H19NO/c1-19(29)12-10-11-17-32-28-25(35-27(31)23-15-8-5-9-16-23)21(3)20(2)24(34-28)18-33-26(30)22-13-6-4-7-14-22;1-15(25)10-8-9-13-28-23-21(24-18(4)26)17(3)16(2)20(30-23)14-29-22(27)19-11-6-5-7-12-19;1-14(25)7-5-6-8-18-19-17(13-28-18)24(21(27)23-19)20(26)15-9-11-16(12-10-15)22(2,3)4;1-5-19-16(3)17(4)20(27-21(24)18-12-7-6-8-13-18)22(26-19)25-14-10-9-11-15(2)23;1-11(17)7-3-2-6-10-16-14(18)12-8-4-5-9-13(12)15(16)19;1-9(11)7-5-4-6-8-10(2)3/h4-9,13-16,20-21,24-25,28H,10-12,17-18H2,1-3H3;5-7,11-12,16-17,20-21,23H,8-10,13-14H2,1-4H3,(H,24,26);9-12,17-19H,5-8,13H2,1-4H3,(H,23,27);6-8,12-13,16-17,19-20,22H,5,9-11,14H2,1-4H3;4-5,8-9H,2-3,6-7,10H2,1H3;4-8H2,1-3H3/t20-,21+,24?,25?,28-;16-,17+,20?,21?,23-;17-,18-,19-;16-,17-,19?,20?,22-;;/m1100../s1. The highest BCUT2D eigenvalue weighted by molar-refractivity contribution is 8.00. The first-order valence-corrected chi connectivity index (χ1v) is 54.5. The number of carbonyl (C=O) groups excluding carboxylic acids is 15. The molecule has 0 aliphatic carbocycles. The lowest BCUT2D eigenvalue weighted by Crippen LogP contribution is -2.58. The summed E-state index contributed by atoms with van der Waals surface area (Å²) in [5.74, 6) is -0.116. The Morgan fingerprint density at radius 2 is 0.773 bits per heavy atom. The summed E-state index contributed by atoms with van der Waals surface area (Å²) < 4.78 is 59.0. The Balaban J connectivity index is 0.000000249. The number of nitrogens with one attached hydrogen (secondary N) is 2. The van der Waals surface area contributed by atoms with Gasteiger partial charge in [0.1, 0.15) is 47.9 Å². The van der Waals surface area contributed by atoms with Gasteiger partial charge in [-0.2, -0.15) is 11.8 Å². The van der Waals surface area contributed by atoms with E-state index in [2.05, 4.69) is 71.2 Å². The fraction of sp³-hybridized carbons (Fsp3) is 0.571. The molecule has 0 aromatic heterocycles. The number of imide groups is 2. The maximum Gasteiger partial charge on any atom is 0.338 e. The lowest BCUT2D eigenvalue weighted by molar-refractivity contribution is -0.274. The number of hydrogen-bond donors (Lipinski definition) is 2. The molecule has 822 valence electrons. The Kier molecular flexibility index (Phi) is 55.3. The summed E-state index contributed by atoms with van der Waals surface area (Å²) in [6.07, 6.45) is 13.7. The van der Waals surface area contributed by atoms with Crippen molar-refractivity contribution < 1.29 is 119 Å². The van der Waals surface area contributed by atoms with E-state index in [9.17, 15) is 71.9 Å². The van der Waals surface area contributed by atoms with Gasteiger partial charge in [-0.15, -0.1) is 0 Å². The third kappa shape index (κ3) is 42.5. The molecule has 6 heterocycles. The maximum atomic E-state index is 13.0. The number of hydrogen-bond acceptors (Lipinski definition) is 27. The number of carbonyl (C=O) groups is 15.